The Labute approximate surface area is 172 Å². The topological polar surface area (TPSA) is 74.7 Å². The lowest BCUT2D eigenvalue weighted by molar-refractivity contribution is -0.151. The van der Waals surface area contributed by atoms with Gasteiger partial charge < -0.3 is 10.2 Å². The van der Waals surface area contributed by atoms with E-state index < -0.39 is 30.3 Å². The molecule has 2 aromatic rings. The van der Waals surface area contributed by atoms with Crippen molar-refractivity contribution in [3.05, 3.63) is 42.1 Å². The van der Waals surface area contributed by atoms with Crippen molar-refractivity contribution in [2.24, 2.45) is 10.9 Å². The van der Waals surface area contributed by atoms with Gasteiger partial charge in [0.05, 0.1) is 30.2 Å². The van der Waals surface area contributed by atoms with Gasteiger partial charge in [-0.25, -0.2) is 0 Å². The van der Waals surface area contributed by atoms with E-state index in [1.54, 1.807) is 18.3 Å². The van der Waals surface area contributed by atoms with Crippen LogP contribution in [0, 0.1) is 5.92 Å². The summed E-state index contributed by atoms with van der Waals surface area (Å²) in [5.74, 6) is -2.30. The molecule has 1 N–H and O–H groups in total. The second-order valence-corrected chi connectivity index (χ2v) is 8.15. The molecule has 1 unspecified atom stereocenters. The van der Waals surface area contributed by atoms with E-state index in [-0.39, 0.29) is 18.5 Å². The number of para-hydroxylation sites is 1. The van der Waals surface area contributed by atoms with E-state index >= 15 is 0 Å². The summed E-state index contributed by atoms with van der Waals surface area (Å²) in [6, 6.07) is 7.60. The van der Waals surface area contributed by atoms with Crippen LogP contribution in [-0.2, 0) is 9.59 Å². The standard InChI is InChI=1S/C22H22F2N4O2/c23-20(24)22(30)28-16-9-2-1-8-14(16)27-15-11-26-21(29)17(15)19(28)13-7-3-5-12-6-4-10-25-18(12)13/h3-7,10,14,16-17,19-20H,1-2,8-9,11H2,(H,26,29)/t14-,16-,17?,19-/m1/s1. The largest absolute Gasteiger partial charge is 0.350 e. The zero-order chi connectivity index (χ0) is 20.8. The van der Waals surface area contributed by atoms with Crippen LogP contribution in [0.5, 0.6) is 0 Å². The minimum Gasteiger partial charge on any atom is -0.350 e. The molecule has 3 heterocycles. The Balaban J connectivity index is 1.76. The number of pyridine rings is 1. The average molecular weight is 412 g/mol. The van der Waals surface area contributed by atoms with Crippen LogP contribution in [0.4, 0.5) is 8.78 Å². The van der Waals surface area contributed by atoms with Crippen molar-refractivity contribution in [1.29, 1.82) is 0 Å². The summed E-state index contributed by atoms with van der Waals surface area (Å²) in [6.45, 7) is 0.290. The fraction of sp³-hybridized carbons (Fsp3) is 0.455. The quantitative estimate of drug-likeness (QED) is 0.824. The lowest BCUT2D eigenvalue weighted by Gasteiger charge is -2.42. The SMILES string of the molecule is O=C1NCC2=N[C@@H]3CCCC[C@H]3N(C(=O)C(F)F)[C@H](c3cccc4cccnc34)C12. The molecule has 30 heavy (non-hydrogen) atoms. The Morgan fingerprint density at radius 2 is 1.97 bits per heavy atom. The number of benzene rings is 1. The Morgan fingerprint density at radius 1 is 1.17 bits per heavy atom. The maximum absolute atomic E-state index is 13.8. The number of nitrogens with one attached hydrogen (secondary N) is 1. The van der Waals surface area contributed by atoms with Gasteiger partial charge in [-0.3, -0.25) is 19.6 Å². The number of rotatable bonds is 2. The van der Waals surface area contributed by atoms with Gasteiger partial charge >= 0.3 is 6.43 Å². The van der Waals surface area contributed by atoms with Crippen molar-refractivity contribution in [2.45, 2.75) is 50.2 Å². The summed E-state index contributed by atoms with van der Waals surface area (Å²) >= 11 is 0. The number of hydrogen-bond acceptors (Lipinski definition) is 4. The molecule has 2 aliphatic heterocycles. The van der Waals surface area contributed by atoms with E-state index in [4.69, 9.17) is 4.99 Å². The number of hydrogen-bond donors (Lipinski definition) is 1. The Bertz CT molecular complexity index is 1040. The normalized spacial score (nSPS) is 28.6. The van der Waals surface area contributed by atoms with Crippen molar-refractivity contribution in [1.82, 2.24) is 15.2 Å². The van der Waals surface area contributed by atoms with E-state index in [0.717, 1.165) is 24.6 Å². The van der Waals surface area contributed by atoms with Crippen molar-refractivity contribution in [3.63, 3.8) is 0 Å². The molecular formula is C22H22F2N4O2. The number of fused-ring (bicyclic) bond motifs is 3. The number of aliphatic imine (C=N–C) groups is 1. The van der Waals surface area contributed by atoms with Crippen LogP contribution in [0.2, 0.25) is 0 Å². The Kier molecular flexibility index (Phi) is 4.72. The molecule has 4 atom stereocenters. The molecule has 5 rings (SSSR count). The highest BCUT2D eigenvalue weighted by Gasteiger charge is 2.51. The monoisotopic (exact) mass is 412 g/mol. The van der Waals surface area contributed by atoms with Crippen molar-refractivity contribution >= 4 is 28.4 Å². The number of alkyl halides is 2. The molecule has 1 aliphatic carbocycles. The van der Waals surface area contributed by atoms with Crippen LogP contribution in [0.15, 0.2) is 41.5 Å². The third-order valence-corrected chi connectivity index (χ3v) is 6.51. The Hall–Kier alpha value is -2.90. The molecule has 1 saturated heterocycles. The molecule has 2 amide bonds. The van der Waals surface area contributed by atoms with Gasteiger partial charge in [-0.1, -0.05) is 37.1 Å². The van der Waals surface area contributed by atoms with Crippen LogP contribution in [0.1, 0.15) is 37.3 Å². The smallest absolute Gasteiger partial charge is 0.315 e. The molecule has 0 spiro atoms. The van der Waals surface area contributed by atoms with Gasteiger partial charge in [-0.15, -0.1) is 0 Å². The first kappa shape index (κ1) is 19.1. The highest BCUT2D eigenvalue weighted by molar-refractivity contribution is 6.12. The molecular weight excluding hydrogens is 390 g/mol. The van der Waals surface area contributed by atoms with Gasteiger partial charge in [0.1, 0.15) is 5.92 Å². The van der Waals surface area contributed by atoms with Crippen molar-refractivity contribution < 1.29 is 18.4 Å². The first-order valence-corrected chi connectivity index (χ1v) is 10.3. The van der Waals surface area contributed by atoms with Crippen molar-refractivity contribution in [3.8, 4) is 0 Å². The third-order valence-electron chi connectivity index (χ3n) is 6.51. The van der Waals surface area contributed by atoms with E-state index in [1.165, 1.54) is 4.90 Å². The zero-order valence-corrected chi connectivity index (χ0v) is 16.3. The van der Waals surface area contributed by atoms with Gasteiger partial charge in [0, 0.05) is 22.9 Å². The summed E-state index contributed by atoms with van der Waals surface area (Å²) in [5.41, 5.74) is 1.88. The Morgan fingerprint density at radius 3 is 2.80 bits per heavy atom. The van der Waals surface area contributed by atoms with E-state index in [9.17, 15) is 18.4 Å². The summed E-state index contributed by atoms with van der Waals surface area (Å²) < 4.78 is 27.6. The zero-order valence-electron chi connectivity index (χ0n) is 16.3. The fourth-order valence-corrected chi connectivity index (χ4v) is 5.26. The minimum atomic E-state index is -3.15. The molecule has 3 aliphatic rings. The maximum Gasteiger partial charge on any atom is 0.315 e. The summed E-state index contributed by atoms with van der Waals surface area (Å²) in [4.78, 5) is 36.4. The second kappa shape index (κ2) is 7.41. The summed E-state index contributed by atoms with van der Waals surface area (Å²) in [6.07, 6.45) is 1.59. The highest BCUT2D eigenvalue weighted by atomic mass is 19.3. The van der Waals surface area contributed by atoms with Crippen LogP contribution in [0.25, 0.3) is 10.9 Å². The first-order chi connectivity index (χ1) is 14.6. The van der Waals surface area contributed by atoms with Gasteiger partial charge in [0.2, 0.25) is 5.91 Å². The van der Waals surface area contributed by atoms with Crippen LogP contribution in [0.3, 0.4) is 0 Å². The highest BCUT2D eigenvalue weighted by Crippen LogP contribution is 2.43. The molecule has 156 valence electrons. The number of halogens is 2. The van der Waals surface area contributed by atoms with E-state index in [2.05, 4.69) is 10.3 Å². The summed E-state index contributed by atoms with van der Waals surface area (Å²) in [7, 11) is 0. The second-order valence-electron chi connectivity index (χ2n) is 8.15. The number of aromatic nitrogens is 1. The lowest BCUT2D eigenvalue weighted by Crippen LogP contribution is -2.52. The van der Waals surface area contributed by atoms with Gasteiger partial charge in [0.25, 0.3) is 5.91 Å². The number of carbonyl (C=O) groups is 2. The van der Waals surface area contributed by atoms with Gasteiger partial charge in [-0.05, 0) is 18.9 Å². The van der Waals surface area contributed by atoms with Crippen LogP contribution < -0.4 is 5.32 Å². The van der Waals surface area contributed by atoms with E-state index in [1.807, 2.05) is 18.2 Å². The minimum absolute atomic E-state index is 0.264. The predicted octanol–water partition coefficient (Wildman–Crippen LogP) is 2.88. The fourth-order valence-electron chi connectivity index (χ4n) is 5.26. The van der Waals surface area contributed by atoms with Gasteiger partial charge in [-0.2, -0.15) is 8.78 Å². The number of amides is 2. The molecule has 6 nitrogen and oxygen atoms in total. The molecule has 1 aromatic heterocycles. The first-order valence-electron chi connectivity index (χ1n) is 10.3. The maximum atomic E-state index is 13.8. The molecule has 1 saturated carbocycles. The predicted molar refractivity (Wildman–Crippen MR) is 107 cm³/mol. The van der Waals surface area contributed by atoms with Crippen LogP contribution in [-0.4, -0.2) is 52.5 Å². The average Bonchev–Trinajstić information content (AvgIpc) is 3.04. The van der Waals surface area contributed by atoms with E-state index in [0.29, 0.717) is 23.2 Å². The van der Waals surface area contributed by atoms with Crippen molar-refractivity contribution in [2.75, 3.05) is 6.54 Å². The summed E-state index contributed by atoms with van der Waals surface area (Å²) in [5, 5.41) is 3.64. The molecule has 2 fully saturated rings. The molecule has 8 heteroatoms. The lowest BCUT2D eigenvalue weighted by atomic mass is 9.85. The molecule has 0 radical (unpaired) electrons. The molecule has 1 aromatic carbocycles. The number of carbonyl (C=O) groups excluding carboxylic acids is 2. The number of nitrogens with zero attached hydrogens (tertiary/aromatic N) is 3. The molecule has 0 bridgehead atoms. The third kappa shape index (κ3) is 2.97. The van der Waals surface area contributed by atoms with Gasteiger partial charge in [0.15, 0.2) is 0 Å². The van der Waals surface area contributed by atoms with Crippen LogP contribution >= 0.6 is 0 Å².